The summed E-state index contributed by atoms with van der Waals surface area (Å²) in [5, 5.41) is 4.64. The quantitative estimate of drug-likeness (QED) is 0.105. The number of hydrogen-bond acceptors (Lipinski definition) is 7. The zero-order valence-corrected chi connectivity index (χ0v) is 33.6. The van der Waals surface area contributed by atoms with Gasteiger partial charge in [-0.2, -0.15) is 0 Å². The standard InChI is InChI=1S/C44H52N6O5S/c1-5-7-18-39-40(43(52)45-24-8-6-2)46-41(50(39)26-13-25-48(3)4)37-22-20-34(29-38(37)44(53)49-27-23-32-15-10-12-17-35(32)30-49)42(51)47-56(54,55)36-21-19-31-14-9-11-16-33(31)28-36/h9-12,14-17,19-22,28-29H,5-8,13,18,23-27,30H2,1-4H3,(H,45,52)(H,47,51). The minimum Gasteiger partial charge on any atom is -0.351 e. The van der Waals surface area contributed by atoms with E-state index in [1.54, 1.807) is 17.0 Å². The zero-order valence-electron chi connectivity index (χ0n) is 32.8. The molecular weight excluding hydrogens is 725 g/mol. The van der Waals surface area contributed by atoms with Crippen LogP contribution in [0.3, 0.4) is 0 Å². The van der Waals surface area contributed by atoms with Gasteiger partial charge in [0.2, 0.25) is 0 Å². The van der Waals surface area contributed by atoms with E-state index in [1.165, 1.54) is 29.8 Å². The Morgan fingerprint density at radius 1 is 0.821 bits per heavy atom. The molecule has 0 radical (unpaired) electrons. The molecule has 6 rings (SSSR count). The molecule has 0 fully saturated rings. The first-order valence-corrected chi connectivity index (χ1v) is 21.1. The molecule has 0 unspecified atom stereocenters. The average molecular weight is 777 g/mol. The Hall–Kier alpha value is -5.33. The highest BCUT2D eigenvalue weighted by molar-refractivity contribution is 7.90. The maximum absolute atomic E-state index is 14.7. The van der Waals surface area contributed by atoms with Crippen molar-refractivity contribution in [2.24, 2.45) is 0 Å². The Kier molecular flexibility index (Phi) is 13.0. The molecule has 11 nitrogen and oxygen atoms in total. The first-order valence-electron chi connectivity index (χ1n) is 19.6. The summed E-state index contributed by atoms with van der Waals surface area (Å²) in [6.07, 6.45) is 5.60. The SMILES string of the molecule is CCCCNC(=O)c1nc(-c2ccc(C(=O)NS(=O)(=O)c3ccc4ccccc4c3)cc2C(=O)N2CCc3ccccc3C2)n(CCCN(C)C)c1CCCC. The number of nitrogens with zero attached hydrogens (tertiary/aromatic N) is 4. The fourth-order valence-electron chi connectivity index (χ4n) is 7.19. The molecule has 4 aromatic carbocycles. The van der Waals surface area contributed by atoms with Gasteiger partial charge in [-0.3, -0.25) is 14.4 Å². The number of hydrogen-bond donors (Lipinski definition) is 2. The summed E-state index contributed by atoms with van der Waals surface area (Å²) in [5.74, 6) is -0.968. The van der Waals surface area contributed by atoms with Crippen LogP contribution in [0.25, 0.3) is 22.2 Å². The third-order valence-corrected chi connectivity index (χ3v) is 11.6. The van der Waals surface area contributed by atoms with E-state index < -0.39 is 15.9 Å². The molecule has 12 heteroatoms. The lowest BCUT2D eigenvalue weighted by molar-refractivity contribution is 0.0735. The Morgan fingerprint density at radius 2 is 1.55 bits per heavy atom. The molecule has 0 spiro atoms. The van der Waals surface area contributed by atoms with Gasteiger partial charge in [-0.15, -0.1) is 0 Å². The van der Waals surface area contributed by atoms with Crippen LogP contribution in [0.15, 0.2) is 89.8 Å². The predicted octanol–water partition coefficient (Wildman–Crippen LogP) is 6.84. The lowest BCUT2D eigenvalue weighted by Gasteiger charge is -2.29. The molecule has 0 saturated carbocycles. The maximum atomic E-state index is 14.7. The van der Waals surface area contributed by atoms with E-state index in [0.29, 0.717) is 56.1 Å². The van der Waals surface area contributed by atoms with E-state index in [2.05, 4.69) is 39.4 Å². The fraction of sp³-hybridized carbons (Fsp3) is 0.364. The normalized spacial score (nSPS) is 12.8. The lowest BCUT2D eigenvalue weighted by atomic mass is 9.97. The van der Waals surface area contributed by atoms with Crippen LogP contribution >= 0.6 is 0 Å². The number of carbonyl (C=O) groups is 3. The number of amides is 3. The Balaban J connectivity index is 1.45. The number of nitrogens with one attached hydrogen (secondary N) is 2. The van der Waals surface area contributed by atoms with Crippen LogP contribution in [0.1, 0.15) is 94.0 Å². The highest BCUT2D eigenvalue weighted by atomic mass is 32.2. The molecule has 1 aromatic heterocycles. The fourth-order valence-corrected chi connectivity index (χ4v) is 8.20. The van der Waals surface area contributed by atoms with E-state index in [0.717, 1.165) is 60.7 Å². The van der Waals surface area contributed by atoms with Crippen LogP contribution in [0.5, 0.6) is 0 Å². The van der Waals surface area contributed by atoms with Crippen molar-refractivity contribution in [3.05, 3.63) is 119 Å². The van der Waals surface area contributed by atoms with Crippen LogP contribution in [0.4, 0.5) is 0 Å². The molecule has 0 bridgehead atoms. The lowest BCUT2D eigenvalue weighted by Crippen LogP contribution is -2.36. The number of sulfonamides is 1. The minimum absolute atomic E-state index is 0.00771. The highest BCUT2D eigenvalue weighted by Gasteiger charge is 2.30. The molecule has 0 saturated heterocycles. The molecule has 1 aliphatic rings. The molecule has 1 aliphatic heterocycles. The summed E-state index contributed by atoms with van der Waals surface area (Å²) in [6, 6.07) is 24.7. The van der Waals surface area contributed by atoms with Crippen LogP contribution in [0, 0.1) is 0 Å². The van der Waals surface area contributed by atoms with Crippen molar-refractivity contribution in [1.29, 1.82) is 0 Å². The van der Waals surface area contributed by atoms with Gasteiger partial charge < -0.3 is 19.7 Å². The van der Waals surface area contributed by atoms with Crippen molar-refractivity contribution in [3.8, 4) is 11.4 Å². The van der Waals surface area contributed by atoms with Crippen molar-refractivity contribution >= 4 is 38.5 Å². The van der Waals surface area contributed by atoms with Gasteiger partial charge in [-0.1, -0.05) is 81.3 Å². The molecule has 2 N–H and O–H groups in total. The molecule has 3 amide bonds. The number of imidazole rings is 1. The zero-order chi connectivity index (χ0) is 39.8. The molecular formula is C44H52N6O5S. The second-order valence-electron chi connectivity index (χ2n) is 14.7. The third kappa shape index (κ3) is 9.20. The number of carbonyl (C=O) groups excluding carboxylic acids is 3. The van der Waals surface area contributed by atoms with Crippen LogP contribution in [-0.2, 0) is 36.0 Å². The number of rotatable bonds is 16. The van der Waals surface area contributed by atoms with E-state index in [9.17, 15) is 22.8 Å². The van der Waals surface area contributed by atoms with E-state index >= 15 is 0 Å². The average Bonchev–Trinajstić information content (AvgIpc) is 3.56. The number of benzene rings is 4. The summed E-state index contributed by atoms with van der Waals surface area (Å²) in [5.41, 5.74) is 4.05. The maximum Gasteiger partial charge on any atom is 0.271 e. The summed E-state index contributed by atoms with van der Waals surface area (Å²) in [7, 11) is -0.241. The van der Waals surface area contributed by atoms with Gasteiger partial charge in [0.05, 0.1) is 16.2 Å². The molecule has 2 heterocycles. The second kappa shape index (κ2) is 18.1. The van der Waals surface area contributed by atoms with Gasteiger partial charge in [0.15, 0.2) is 0 Å². The van der Waals surface area contributed by atoms with Crippen molar-refractivity contribution < 1.29 is 22.8 Å². The number of aromatic nitrogens is 2. The largest absolute Gasteiger partial charge is 0.351 e. The van der Waals surface area contributed by atoms with Crippen LogP contribution in [-0.4, -0.2) is 79.2 Å². The van der Waals surface area contributed by atoms with Gasteiger partial charge in [0.25, 0.3) is 27.7 Å². The van der Waals surface area contributed by atoms with Crippen LogP contribution in [0.2, 0.25) is 0 Å². The first kappa shape index (κ1) is 40.3. The summed E-state index contributed by atoms with van der Waals surface area (Å²) in [6.45, 7) is 6.89. The van der Waals surface area contributed by atoms with Crippen molar-refractivity contribution in [2.45, 2.75) is 76.8 Å². The molecule has 56 heavy (non-hydrogen) atoms. The Morgan fingerprint density at radius 3 is 2.30 bits per heavy atom. The summed E-state index contributed by atoms with van der Waals surface area (Å²) in [4.78, 5) is 51.1. The van der Waals surface area contributed by atoms with Gasteiger partial charge in [-0.25, -0.2) is 18.1 Å². The smallest absolute Gasteiger partial charge is 0.271 e. The van der Waals surface area contributed by atoms with E-state index in [4.69, 9.17) is 4.98 Å². The third-order valence-electron chi connectivity index (χ3n) is 10.3. The number of fused-ring (bicyclic) bond motifs is 2. The van der Waals surface area contributed by atoms with Crippen molar-refractivity contribution in [2.75, 3.05) is 33.7 Å². The van der Waals surface area contributed by atoms with Crippen LogP contribution < -0.4 is 10.0 Å². The first-order chi connectivity index (χ1) is 27.0. The number of unbranched alkanes of at least 4 members (excludes halogenated alkanes) is 2. The van der Waals surface area contributed by atoms with Gasteiger partial charge in [-0.05, 0) is 105 Å². The summed E-state index contributed by atoms with van der Waals surface area (Å²) >= 11 is 0. The second-order valence-corrected chi connectivity index (χ2v) is 16.4. The van der Waals surface area contributed by atoms with Gasteiger partial charge >= 0.3 is 0 Å². The molecule has 5 aromatic rings. The monoisotopic (exact) mass is 776 g/mol. The molecule has 0 aliphatic carbocycles. The molecule has 0 atom stereocenters. The van der Waals surface area contributed by atoms with E-state index in [-0.39, 0.29) is 27.8 Å². The summed E-state index contributed by atoms with van der Waals surface area (Å²) < 4.78 is 31.4. The van der Waals surface area contributed by atoms with Gasteiger partial charge in [0.1, 0.15) is 11.5 Å². The highest BCUT2D eigenvalue weighted by Crippen LogP contribution is 2.31. The topological polar surface area (TPSA) is 134 Å². The van der Waals surface area contributed by atoms with Crippen molar-refractivity contribution in [3.63, 3.8) is 0 Å². The Labute approximate surface area is 330 Å². The van der Waals surface area contributed by atoms with Gasteiger partial charge in [0, 0.05) is 37.3 Å². The van der Waals surface area contributed by atoms with Crippen molar-refractivity contribution in [1.82, 2.24) is 29.4 Å². The minimum atomic E-state index is -4.26. The van der Waals surface area contributed by atoms with E-state index in [1.807, 2.05) is 56.6 Å². The Bertz CT molecular complexity index is 2330. The molecule has 294 valence electrons. The predicted molar refractivity (Wildman–Crippen MR) is 220 cm³/mol.